The van der Waals surface area contributed by atoms with Gasteiger partial charge in [-0.15, -0.1) is 0 Å². The lowest BCUT2D eigenvalue weighted by Crippen LogP contribution is -2.24. The number of aromatic nitrogens is 1. The van der Waals surface area contributed by atoms with Gasteiger partial charge in [0.05, 0.1) is 5.52 Å². The molecule has 0 aliphatic heterocycles. The number of ether oxygens (including phenoxy) is 1. The summed E-state index contributed by atoms with van der Waals surface area (Å²) in [5, 5.41) is 0.817. The van der Waals surface area contributed by atoms with Crippen molar-refractivity contribution in [2.45, 2.75) is 59.9 Å². The van der Waals surface area contributed by atoms with Gasteiger partial charge in [0.1, 0.15) is 0 Å². The van der Waals surface area contributed by atoms with Gasteiger partial charge in [-0.3, -0.25) is 4.79 Å². The third-order valence-corrected chi connectivity index (χ3v) is 4.49. The zero-order valence-electron chi connectivity index (χ0n) is 17.2. The number of esters is 1. The monoisotopic (exact) mass is 382 g/mol. The van der Waals surface area contributed by atoms with Crippen LogP contribution in [0.5, 0.6) is 5.75 Å². The minimum absolute atomic E-state index is 0.0479. The number of hydrogen-bond donors (Lipinski definition) is 1. The van der Waals surface area contributed by atoms with Gasteiger partial charge < -0.3 is 15.0 Å². The summed E-state index contributed by atoms with van der Waals surface area (Å²) in [5.74, 6) is -0.477. The van der Waals surface area contributed by atoms with Gasteiger partial charge >= 0.3 is 5.97 Å². The van der Waals surface area contributed by atoms with Crippen molar-refractivity contribution in [3.05, 3.63) is 57.9 Å². The van der Waals surface area contributed by atoms with E-state index in [0.29, 0.717) is 12.2 Å². The Morgan fingerprint density at radius 1 is 1.21 bits per heavy atom. The molecule has 2 aromatic rings. The van der Waals surface area contributed by atoms with Crippen LogP contribution in [0, 0.1) is 0 Å². The Labute approximate surface area is 166 Å². The molecule has 0 fully saturated rings. The predicted molar refractivity (Wildman–Crippen MR) is 116 cm³/mol. The van der Waals surface area contributed by atoms with Crippen LogP contribution in [0.3, 0.4) is 0 Å². The molecule has 0 amide bonds. The molecule has 1 aromatic carbocycles. The summed E-state index contributed by atoms with van der Waals surface area (Å²) in [6.45, 7) is 8.60. The fourth-order valence-electron chi connectivity index (χ4n) is 2.97. The molecule has 0 saturated heterocycles. The second kappa shape index (κ2) is 9.93. The average Bonchev–Trinajstić information content (AvgIpc) is 2.62. The zero-order valence-corrected chi connectivity index (χ0v) is 17.2. The molecule has 5 heteroatoms. The van der Waals surface area contributed by atoms with Crippen LogP contribution < -0.4 is 16.0 Å². The normalized spacial score (nSPS) is 11.5. The number of hydrogen-bond acceptors (Lipinski definition) is 4. The predicted octanol–water partition coefficient (Wildman–Crippen LogP) is 4.98. The molecule has 28 heavy (non-hydrogen) atoms. The number of aryl methyl sites for hydroxylation is 1. The Morgan fingerprint density at radius 3 is 2.64 bits per heavy atom. The van der Waals surface area contributed by atoms with Gasteiger partial charge in [0, 0.05) is 23.7 Å². The Hall–Kier alpha value is -2.82. The van der Waals surface area contributed by atoms with Gasteiger partial charge in [0.15, 0.2) is 5.75 Å². The maximum absolute atomic E-state index is 12.9. The quantitative estimate of drug-likeness (QED) is 0.302. The van der Waals surface area contributed by atoms with Crippen molar-refractivity contribution in [3.63, 3.8) is 0 Å². The van der Waals surface area contributed by atoms with Crippen molar-refractivity contribution < 1.29 is 9.53 Å². The van der Waals surface area contributed by atoms with E-state index >= 15 is 0 Å². The smallest absolute Gasteiger partial charge is 0.336 e. The number of nitrogens with zero attached hydrogens (tertiary/aromatic N) is 1. The van der Waals surface area contributed by atoms with Gasteiger partial charge in [-0.05, 0) is 58.2 Å². The zero-order chi connectivity index (χ0) is 20.7. The van der Waals surface area contributed by atoms with Gasteiger partial charge in [-0.2, -0.15) is 0 Å². The molecule has 0 unspecified atom stereocenters. The molecule has 0 spiro atoms. The number of fused-ring (bicyclic) bond motifs is 1. The molecule has 0 aliphatic carbocycles. The molecular weight excluding hydrogens is 352 g/mol. The van der Waals surface area contributed by atoms with Crippen molar-refractivity contribution >= 4 is 22.6 Å². The van der Waals surface area contributed by atoms with Crippen LogP contribution in [-0.4, -0.2) is 10.5 Å². The van der Waals surface area contributed by atoms with Crippen LogP contribution in [0.2, 0.25) is 0 Å². The molecule has 2 N–H and O–H groups in total. The second-order valence-corrected chi connectivity index (χ2v) is 7.37. The van der Waals surface area contributed by atoms with E-state index in [4.69, 9.17) is 10.5 Å². The van der Waals surface area contributed by atoms with Gasteiger partial charge in [-0.25, -0.2) is 4.79 Å². The number of nitrogen functional groups attached to an aromatic ring is 1. The number of carbonyl (C=O) groups is 1. The molecule has 5 nitrogen and oxygen atoms in total. The molecule has 2 rings (SSSR count). The van der Waals surface area contributed by atoms with Gasteiger partial charge in [0.25, 0.3) is 5.56 Å². The molecule has 1 heterocycles. The third-order valence-electron chi connectivity index (χ3n) is 4.49. The van der Waals surface area contributed by atoms with E-state index in [0.717, 1.165) is 42.2 Å². The maximum atomic E-state index is 12.9. The molecule has 0 aliphatic rings. The molecule has 150 valence electrons. The van der Waals surface area contributed by atoms with Crippen LogP contribution in [0.1, 0.15) is 53.4 Å². The Bertz CT molecular complexity index is 964. The fourth-order valence-corrected chi connectivity index (χ4v) is 2.97. The highest BCUT2D eigenvalue weighted by Crippen LogP contribution is 2.21. The fraction of sp³-hybridized carbons (Fsp3) is 0.391. The number of benzene rings is 1. The van der Waals surface area contributed by atoms with Crippen LogP contribution >= 0.6 is 0 Å². The number of pyridine rings is 1. The van der Waals surface area contributed by atoms with Crippen LogP contribution in [0.4, 0.5) is 5.69 Å². The van der Waals surface area contributed by atoms with Crippen molar-refractivity contribution in [1.82, 2.24) is 4.57 Å². The van der Waals surface area contributed by atoms with E-state index in [1.165, 1.54) is 11.6 Å². The summed E-state index contributed by atoms with van der Waals surface area (Å²) >= 11 is 0. The van der Waals surface area contributed by atoms with Crippen LogP contribution in [0.25, 0.3) is 10.9 Å². The largest absolute Gasteiger partial charge is 0.417 e. The highest BCUT2D eigenvalue weighted by Gasteiger charge is 2.13. The first-order valence-electron chi connectivity index (χ1n) is 9.77. The number of rotatable bonds is 8. The summed E-state index contributed by atoms with van der Waals surface area (Å²) in [7, 11) is 0. The van der Waals surface area contributed by atoms with Gasteiger partial charge in [-0.1, -0.05) is 36.6 Å². The third kappa shape index (κ3) is 5.84. The minimum atomic E-state index is -0.524. The second-order valence-electron chi connectivity index (χ2n) is 7.37. The highest BCUT2D eigenvalue weighted by molar-refractivity contribution is 5.87. The van der Waals surface area contributed by atoms with E-state index in [2.05, 4.69) is 13.0 Å². The van der Waals surface area contributed by atoms with Crippen LogP contribution in [-0.2, 0) is 11.3 Å². The Morgan fingerprint density at radius 2 is 1.96 bits per heavy atom. The molecule has 1 aromatic heterocycles. The first-order chi connectivity index (χ1) is 13.3. The lowest BCUT2D eigenvalue weighted by molar-refractivity contribution is -0.129. The van der Waals surface area contributed by atoms with E-state index in [-0.39, 0.29) is 11.3 Å². The lowest BCUT2D eigenvalue weighted by atomic mass is 10.1. The summed E-state index contributed by atoms with van der Waals surface area (Å²) in [4.78, 5) is 25.2. The minimum Gasteiger partial charge on any atom is -0.417 e. The number of unbranched alkanes of at least 4 members (excludes halogenated alkanes) is 1. The number of carbonyl (C=O) groups excluding carboxylic acids is 1. The van der Waals surface area contributed by atoms with Crippen molar-refractivity contribution in [2.24, 2.45) is 0 Å². The van der Waals surface area contributed by atoms with Crippen LogP contribution in [0.15, 0.2) is 52.4 Å². The summed E-state index contributed by atoms with van der Waals surface area (Å²) in [6, 6.07) is 7.01. The number of allylic oxidation sites excluding steroid dienone is 3. The van der Waals surface area contributed by atoms with Crippen molar-refractivity contribution in [3.8, 4) is 5.75 Å². The SMILES string of the molecule is CCCCn1c(=O)c(OC(=O)/C=C(\C)CCC=C(C)C)cc2ccc(N)cc21. The lowest BCUT2D eigenvalue weighted by Gasteiger charge is -2.13. The molecule has 0 atom stereocenters. The highest BCUT2D eigenvalue weighted by atomic mass is 16.5. The Kier molecular flexibility index (Phi) is 7.61. The van der Waals surface area contributed by atoms with Crippen molar-refractivity contribution in [1.29, 1.82) is 0 Å². The van der Waals surface area contributed by atoms with Gasteiger partial charge in [0.2, 0.25) is 0 Å². The molecule has 0 bridgehead atoms. The van der Waals surface area contributed by atoms with E-state index in [1.54, 1.807) is 22.8 Å². The summed E-state index contributed by atoms with van der Waals surface area (Å²) in [5.41, 5.74) is 9.10. The molecule has 0 radical (unpaired) electrons. The Balaban J connectivity index is 2.30. The summed E-state index contributed by atoms with van der Waals surface area (Å²) < 4.78 is 7.05. The molecule has 0 saturated carbocycles. The van der Waals surface area contributed by atoms with E-state index in [1.807, 2.05) is 26.8 Å². The first kappa shape index (κ1) is 21.5. The molecular formula is C23H30N2O3. The van der Waals surface area contributed by atoms with Crippen molar-refractivity contribution in [2.75, 3.05) is 5.73 Å². The average molecular weight is 383 g/mol. The number of anilines is 1. The van der Waals surface area contributed by atoms with E-state index in [9.17, 15) is 9.59 Å². The maximum Gasteiger partial charge on any atom is 0.336 e. The van der Waals surface area contributed by atoms with E-state index < -0.39 is 5.97 Å². The number of nitrogens with two attached hydrogens (primary N) is 1. The standard InChI is InChI=1S/C23H30N2O3/c1-5-6-12-25-20-15-19(24)11-10-18(20)14-21(23(25)27)28-22(26)13-17(4)9-7-8-16(2)3/h8,10-11,13-15H,5-7,9,12,24H2,1-4H3/b17-13+. The topological polar surface area (TPSA) is 74.3 Å². The summed E-state index contributed by atoms with van der Waals surface area (Å²) in [6.07, 6.45) is 7.04. The first-order valence-corrected chi connectivity index (χ1v) is 9.77.